The molecular weight excluding hydrogens is 457 g/mol. The molecule has 33 heavy (non-hydrogen) atoms. The summed E-state index contributed by atoms with van der Waals surface area (Å²) in [5.41, 5.74) is 3.44. The van der Waals surface area contributed by atoms with Crippen LogP contribution in [0.2, 0.25) is 58.9 Å². The Bertz CT molecular complexity index is 880. The van der Waals surface area contributed by atoms with Crippen molar-refractivity contribution in [3.8, 4) is 11.5 Å². The Kier molecular flexibility index (Phi) is 6.59. The van der Waals surface area contributed by atoms with Crippen LogP contribution in [0.3, 0.4) is 0 Å². The highest BCUT2D eigenvalue weighted by molar-refractivity contribution is 6.71. The second-order valence-corrected chi connectivity index (χ2v) is 27.5. The first-order valence-electron chi connectivity index (χ1n) is 13.3. The number of hydrogen-bond acceptors (Lipinski definition) is 3. The molecule has 3 nitrogen and oxygen atoms in total. The Morgan fingerprint density at radius 3 is 1.94 bits per heavy atom. The number of benzene rings is 1. The van der Waals surface area contributed by atoms with Crippen molar-refractivity contribution in [1.29, 1.82) is 0 Å². The SMILES string of the molecule is CC12CCC3c4cc(O[Si](C)(C)C)c(O[Si](C)(C)C)cc4CCC3C1CCC2O[Si](C)(C)C. The normalized spacial score (nSPS) is 32.1. The Morgan fingerprint density at radius 2 is 1.36 bits per heavy atom. The Hall–Kier alpha value is -0.569. The van der Waals surface area contributed by atoms with Gasteiger partial charge in [-0.25, -0.2) is 0 Å². The van der Waals surface area contributed by atoms with Crippen molar-refractivity contribution >= 4 is 25.0 Å². The van der Waals surface area contributed by atoms with E-state index in [1.807, 2.05) is 0 Å². The van der Waals surface area contributed by atoms with Crippen LogP contribution in [0.1, 0.15) is 56.1 Å². The molecular formula is C27H48O3Si3. The van der Waals surface area contributed by atoms with Crippen LogP contribution in [-0.4, -0.2) is 31.1 Å². The van der Waals surface area contributed by atoms with E-state index < -0.39 is 25.0 Å². The molecule has 0 N–H and O–H groups in total. The fourth-order valence-corrected chi connectivity index (χ4v) is 9.85. The lowest BCUT2D eigenvalue weighted by Gasteiger charge is -2.51. The number of aryl methyl sites for hydroxylation is 1. The summed E-state index contributed by atoms with van der Waals surface area (Å²) < 4.78 is 19.9. The van der Waals surface area contributed by atoms with Gasteiger partial charge in [-0.1, -0.05) is 6.92 Å². The molecule has 0 spiro atoms. The van der Waals surface area contributed by atoms with E-state index in [9.17, 15) is 0 Å². The van der Waals surface area contributed by atoms with Gasteiger partial charge in [0, 0.05) is 0 Å². The third-order valence-corrected chi connectivity index (χ3v) is 10.7. The largest absolute Gasteiger partial charge is 0.542 e. The molecule has 0 aromatic heterocycles. The topological polar surface area (TPSA) is 27.7 Å². The van der Waals surface area contributed by atoms with Gasteiger partial charge in [0.05, 0.1) is 6.10 Å². The van der Waals surface area contributed by atoms with Crippen molar-refractivity contribution < 1.29 is 13.3 Å². The van der Waals surface area contributed by atoms with Crippen LogP contribution in [0.5, 0.6) is 11.5 Å². The summed E-state index contributed by atoms with van der Waals surface area (Å²) in [5, 5.41) is 0. The highest BCUT2D eigenvalue weighted by atomic mass is 28.4. The predicted molar refractivity (Wildman–Crippen MR) is 147 cm³/mol. The first-order valence-corrected chi connectivity index (χ1v) is 23.5. The highest BCUT2D eigenvalue weighted by Crippen LogP contribution is 2.62. The first-order chi connectivity index (χ1) is 15.1. The maximum absolute atomic E-state index is 6.77. The Balaban J connectivity index is 1.66. The lowest BCUT2D eigenvalue weighted by molar-refractivity contribution is -0.0141. The van der Waals surface area contributed by atoms with Crippen LogP contribution in [0, 0.1) is 17.3 Å². The van der Waals surface area contributed by atoms with E-state index in [0.717, 1.165) is 23.3 Å². The standard InChI is InChI=1S/C27H48O3Si3/c1-27-16-15-20-21(23(27)13-14-26(27)30-33(8,9)10)12-11-19-17-24(28-31(2,3)4)25(18-22(19)20)29-32(5,6)7/h17-18,20-21,23,26H,11-16H2,1-10H3. The van der Waals surface area contributed by atoms with Crippen molar-refractivity contribution in [3.63, 3.8) is 0 Å². The van der Waals surface area contributed by atoms with Crippen LogP contribution in [0.4, 0.5) is 0 Å². The van der Waals surface area contributed by atoms with Gasteiger partial charge in [-0.05, 0) is 144 Å². The molecule has 5 atom stereocenters. The second-order valence-electron chi connectivity index (χ2n) is 14.2. The highest BCUT2D eigenvalue weighted by Gasteiger charge is 2.56. The maximum atomic E-state index is 6.77. The molecule has 0 aliphatic heterocycles. The molecule has 5 unspecified atom stereocenters. The molecule has 3 aliphatic rings. The molecule has 2 saturated carbocycles. The smallest absolute Gasteiger partial charge is 0.242 e. The summed E-state index contributed by atoms with van der Waals surface area (Å²) in [4.78, 5) is 0. The van der Waals surface area contributed by atoms with E-state index >= 15 is 0 Å². The summed E-state index contributed by atoms with van der Waals surface area (Å²) >= 11 is 0. The zero-order valence-electron chi connectivity index (χ0n) is 22.9. The maximum Gasteiger partial charge on any atom is 0.242 e. The number of rotatable bonds is 6. The average Bonchev–Trinajstić information content (AvgIpc) is 2.94. The second kappa shape index (κ2) is 8.52. The van der Waals surface area contributed by atoms with Gasteiger partial charge in [0.15, 0.2) is 8.32 Å². The van der Waals surface area contributed by atoms with E-state index in [0.29, 0.717) is 17.4 Å². The van der Waals surface area contributed by atoms with Crippen LogP contribution in [0.15, 0.2) is 12.1 Å². The molecule has 0 amide bonds. The van der Waals surface area contributed by atoms with E-state index in [2.05, 4.69) is 78.0 Å². The van der Waals surface area contributed by atoms with Crippen LogP contribution >= 0.6 is 0 Å². The first kappa shape index (κ1) is 25.5. The van der Waals surface area contributed by atoms with Gasteiger partial charge in [0.25, 0.3) is 0 Å². The van der Waals surface area contributed by atoms with E-state index in [1.165, 1.54) is 44.1 Å². The minimum Gasteiger partial charge on any atom is -0.542 e. The quantitative estimate of drug-likeness (QED) is 0.365. The Morgan fingerprint density at radius 1 is 0.758 bits per heavy atom. The lowest BCUT2D eigenvalue weighted by atomic mass is 9.55. The van der Waals surface area contributed by atoms with Gasteiger partial charge in [-0.15, -0.1) is 0 Å². The molecule has 0 heterocycles. The summed E-state index contributed by atoms with van der Waals surface area (Å²) in [7, 11) is -4.98. The molecule has 1 aromatic rings. The third kappa shape index (κ3) is 5.49. The molecule has 0 radical (unpaired) electrons. The average molecular weight is 505 g/mol. The lowest BCUT2D eigenvalue weighted by Crippen LogP contribution is -2.47. The van der Waals surface area contributed by atoms with Gasteiger partial charge >= 0.3 is 0 Å². The van der Waals surface area contributed by atoms with E-state index in [1.54, 1.807) is 5.56 Å². The van der Waals surface area contributed by atoms with Crippen molar-refractivity contribution in [1.82, 2.24) is 0 Å². The van der Waals surface area contributed by atoms with Gasteiger partial charge in [0.1, 0.15) is 11.5 Å². The van der Waals surface area contributed by atoms with Crippen molar-refractivity contribution in [2.24, 2.45) is 17.3 Å². The van der Waals surface area contributed by atoms with Crippen LogP contribution < -0.4 is 8.85 Å². The summed E-state index contributed by atoms with van der Waals surface area (Å²) in [5.74, 6) is 4.26. The van der Waals surface area contributed by atoms with E-state index in [-0.39, 0.29) is 0 Å². The summed E-state index contributed by atoms with van der Waals surface area (Å²) in [6.07, 6.45) is 8.15. The molecule has 0 saturated heterocycles. The molecule has 4 rings (SSSR count). The molecule has 1 aromatic carbocycles. The van der Waals surface area contributed by atoms with Crippen LogP contribution in [0.25, 0.3) is 0 Å². The third-order valence-electron chi connectivity index (χ3n) is 8.03. The molecule has 2 fully saturated rings. The number of fused-ring (bicyclic) bond motifs is 5. The molecule has 0 bridgehead atoms. The zero-order chi connectivity index (χ0) is 24.4. The van der Waals surface area contributed by atoms with Gasteiger partial charge < -0.3 is 13.3 Å². The molecule has 3 aliphatic carbocycles. The monoisotopic (exact) mass is 504 g/mol. The fourth-order valence-electron chi connectivity index (χ4n) is 6.97. The predicted octanol–water partition coefficient (Wildman–Crippen LogP) is 8.19. The Labute approximate surface area is 206 Å². The zero-order valence-corrected chi connectivity index (χ0v) is 25.9. The van der Waals surface area contributed by atoms with Crippen molar-refractivity contribution in [2.75, 3.05) is 0 Å². The molecule has 6 heteroatoms. The van der Waals surface area contributed by atoms with E-state index in [4.69, 9.17) is 13.3 Å². The fraction of sp³-hybridized carbons (Fsp3) is 0.778. The minimum absolute atomic E-state index is 0.359. The van der Waals surface area contributed by atoms with Crippen LogP contribution in [-0.2, 0) is 10.8 Å². The summed E-state index contributed by atoms with van der Waals surface area (Å²) in [6.45, 7) is 23.2. The molecule has 186 valence electrons. The van der Waals surface area contributed by atoms with Gasteiger partial charge in [-0.3, -0.25) is 0 Å². The van der Waals surface area contributed by atoms with Crippen molar-refractivity contribution in [3.05, 3.63) is 23.3 Å². The number of hydrogen-bond donors (Lipinski definition) is 0. The van der Waals surface area contributed by atoms with Gasteiger partial charge in [0.2, 0.25) is 16.6 Å². The van der Waals surface area contributed by atoms with Crippen molar-refractivity contribution in [2.45, 2.75) is 116 Å². The van der Waals surface area contributed by atoms with Gasteiger partial charge in [-0.2, -0.15) is 0 Å². The minimum atomic E-state index is -1.74. The summed E-state index contributed by atoms with van der Waals surface area (Å²) in [6, 6.07) is 4.77.